The average Bonchev–Trinajstić information content (AvgIpc) is 2.67. The van der Waals surface area contributed by atoms with E-state index in [0.29, 0.717) is 38.5 Å². The van der Waals surface area contributed by atoms with Gasteiger partial charge >= 0.3 is 22.2 Å². The van der Waals surface area contributed by atoms with Crippen molar-refractivity contribution in [1.29, 1.82) is 0 Å². The third-order valence-electron chi connectivity index (χ3n) is 3.73. The highest BCUT2D eigenvalue weighted by molar-refractivity contribution is 8.02. The van der Waals surface area contributed by atoms with Gasteiger partial charge in [-0.1, -0.05) is 17.0 Å². The summed E-state index contributed by atoms with van der Waals surface area (Å²) in [6.07, 6.45) is 5.07. The highest BCUT2D eigenvalue weighted by Gasteiger charge is 2.16. The Morgan fingerprint density at radius 1 is 0.688 bits per heavy atom. The Morgan fingerprint density at radius 3 is 1.66 bits per heavy atom. The van der Waals surface area contributed by atoms with Gasteiger partial charge in [-0.2, -0.15) is 8.42 Å². The molecule has 0 aromatic rings. The highest BCUT2D eigenvalue weighted by atomic mass is 32.3. The molecule has 0 rings (SSSR count). The van der Waals surface area contributed by atoms with Crippen LogP contribution in [0.4, 0.5) is 0 Å². The first kappa shape index (κ1) is 30.7. The first-order valence-electron chi connectivity index (χ1n) is 10.3. The molecular formula is C18H35NO11S2. The Balaban J connectivity index is 3.51. The molecule has 0 atom stereocenters. The first-order valence-corrected chi connectivity index (χ1v) is 13.6. The van der Waals surface area contributed by atoms with E-state index in [0.717, 1.165) is 19.3 Å². The van der Waals surface area contributed by atoms with E-state index < -0.39 is 26.3 Å². The van der Waals surface area contributed by atoms with Gasteiger partial charge in [-0.25, -0.2) is 8.42 Å². The number of hydrogen-bond donors (Lipinski definition) is 1. The van der Waals surface area contributed by atoms with Crippen LogP contribution in [0.3, 0.4) is 0 Å². The second-order valence-electron chi connectivity index (χ2n) is 6.80. The summed E-state index contributed by atoms with van der Waals surface area (Å²) >= 11 is 0. The normalized spacial score (nSPS) is 11.9. The van der Waals surface area contributed by atoms with E-state index in [9.17, 15) is 26.4 Å². The van der Waals surface area contributed by atoms with Crippen LogP contribution in [0, 0.1) is 0 Å². The van der Waals surface area contributed by atoms with E-state index in [1.54, 1.807) is 7.11 Å². The fraction of sp³-hybridized carbons (Fsp3) is 0.889. The van der Waals surface area contributed by atoms with Gasteiger partial charge in [0.05, 0.1) is 26.1 Å². The summed E-state index contributed by atoms with van der Waals surface area (Å²) in [7, 11) is -6.64. The number of carbonyl (C=O) groups is 2. The minimum absolute atomic E-state index is 0.0742. The monoisotopic (exact) mass is 505 g/mol. The maximum Gasteiger partial charge on any atom is 0.349 e. The van der Waals surface area contributed by atoms with Gasteiger partial charge < -0.3 is 18.9 Å². The van der Waals surface area contributed by atoms with Crippen molar-refractivity contribution < 1.29 is 49.6 Å². The van der Waals surface area contributed by atoms with Crippen LogP contribution in [-0.4, -0.2) is 81.8 Å². The maximum atomic E-state index is 11.6. The smallest absolute Gasteiger partial charge is 0.349 e. The van der Waals surface area contributed by atoms with E-state index in [4.69, 9.17) is 18.9 Å². The topological polar surface area (TPSA) is 161 Å². The zero-order valence-corrected chi connectivity index (χ0v) is 20.3. The number of unbranched alkanes of at least 4 members (excludes halogenated alkanes) is 4. The Hall–Kier alpha value is -1.32. The number of nitrogens with one attached hydrogen (secondary N) is 1. The van der Waals surface area contributed by atoms with E-state index >= 15 is 0 Å². The molecule has 190 valence electrons. The molecule has 0 aliphatic heterocycles. The van der Waals surface area contributed by atoms with Gasteiger partial charge in [0.1, 0.15) is 13.2 Å². The van der Waals surface area contributed by atoms with Crippen LogP contribution < -0.4 is 4.13 Å². The van der Waals surface area contributed by atoms with Crippen molar-refractivity contribution in [2.45, 2.75) is 51.4 Å². The Bertz CT molecular complexity index is 723. The molecule has 32 heavy (non-hydrogen) atoms. The summed E-state index contributed by atoms with van der Waals surface area (Å²) in [5.41, 5.74) is 0. The Morgan fingerprint density at radius 2 is 1.19 bits per heavy atom. The lowest BCUT2D eigenvalue weighted by atomic mass is 10.2. The third kappa shape index (κ3) is 21.9. The molecule has 0 fully saturated rings. The number of methoxy groups -OCH3 is 1. The van der Waals surface area contributed by atoms with Gasteiger partial charge in [0, 0.05) is 26.6 Å². The number of rotatable bonds is 21. The quantitative estimate of drug-likeness (QED) is 0.172. The fourth-order valence-electron chi connectivity index (χ4n) is 2.29. The first-order chi connectivity index (χ1) is 15.1. The molecule has 0 spiro atoms. The van der Waals surface area contributed by atoms with E-state index in [2.05, 4.69) is 4.18 Å². The molecule has 12 nitrogen and oxygen atoms in total. The molecule has 1 N–H and O–H groups in total. The van der Waals surface area contributed by atoms with Crippen LogP contribution in [-0.2, 0) is 53.0 Å². The molecule has 0 unspecified atom stereocenters. The van der Waals surface area contributed by atoms with Gasteiger partial charge in [0.2, 0.25) is 10.0 Å². The maximum absolute atomic E-state index is 11.6. The predicted molar refractivity (Wildman–Crippen MR) is 114 cm³/mol. The summed E-state index contributed by atoms with van der Waals surface area (Å²) in [6.45, 7) is 1.09. The van der Waals surface area contributed by atoms with Crippen molar-refractivity contribution in [2.75, 3.05) is 53.0 Å². The predicted octanol–water partition coefficient (Wildman–Crippen LogP) is 0.667. The molecule has 0 aromatic heterocycles. The van der Waals surface area contributed by atoms with Gasteiger partial charge in [-0.3, -0.25) is 13.8 Å². The molecule has 0 bridgehead atoms. The molecule has 0 aromatic carbocycles. The minimum Gasteiger partial charge on any atom is -0.463 e. The van der Waals surface area contributed by atoms with Crippen molar-refractivity contribution in [3.05, 3.63) is 0 Å². The van der Waals surface area contributed by atoms with Crippen molar-refractivity contribution in [3.63, 3.8) is 0 Å². The molecule has 0 heterocycles. The Kier molecular flexibility index (Phi) is 17.4. The summed E-state index contributed by atoms with van der Waals surface area (Å²) in [6, 6.07) is 0. The SMILES string of the molecule is COCCCCCC(=O)OCCOCCOC(=O)CCCCCOS(=O)(=O)NS(C)(=O)=O. The van der Waals surface area contributed by atoms with Crippen LogP contribution in [0.2, 0.25) is 0 Å². The van der Waals surface area contributed by atoms with Gasteiger partial charge in [0.25, 0.3) is 0 Å². The van der Waals surface area contributed by atoms with E-state index in [1.807, 2.05) is 0 Å². The highest BCUT2D eigenvalue weighted by Crippen LogP contribution is 2.04. The lowest BCUT2D eigenvalue weighted by molar-refractivity contribution is -0.146. The van der Waals surface area contributed by atoms with E-state index in [-0.39, 0.29) is 45.4 Å². The van der Waals surface area contributed by atoms with Crippen molar-refractivity contribution in [3.8, 4) is 0 Å². The fourth-order valence-corrected chi connectivity index (χ4v) is 4.31. The zero-order valence-electron chi connectivity index (χ0n) is 18.7. The molecule has 14 heteroatoms. The van der Waals surface area contributed by atoms with Crippen LogP contribution in [0.1, 0.15) is 51.4 Å². The molecule has 0 amide bonds. The number of carbonyl (C=O) groups excluding carboxylic acids is 2. The molecule has 0 radical (unpaired) electrons. The summed E-state index contributed by atoms with van der Waals surface area (Å²) in [5.74, 6) is -0.687. The van der Waals surface area contributed by atoms with Crippen LogP contribution in [0.5, 0.6) is 0 Å². The van der Waals surface area contributed by atoms with Gasteiger partial charge in [0.15, 0.2) is 0 Å². The van der Waals surface area contributed by atoms with Crippen molar-refractivity contribution in [1.82, 2.24) is 4.13 Å². The summed E-state index contributed by atoms with van der Waals surface area (Å²) in [4.78, 5) is 23.1. The zero-order chi connectivity index (χ0) is 24.3. The number of esters is 2. The number of sulfonamides is 1. The van der Waals surface area contributed by atoms with Crippen molar-refractivity contribution in [2.24, 2.45) is 0 Å². The standard InChI is InChI=1S/C18H35NO11S2/c1-26-11-7-3-5-9-17(20)28-15-13-27-14-16-29-18(21)10-6-4-8-12-30-32(24,25)19-31(2,22)23/h19H,3-16H2,1-2H3. The Labute approximate surface area is 190 Å². The summed E-state index contributed by atoms with van der Waals surface area (Å²) in [5, 5.41) is 0. The minimum atomic E-state index is -4.35. The lowest BCUT2D eigenvalue weighted by Crippen LogP contribution is -2.31. The molecule has 0 saturated heterocycles. The second-order valence-corrected chi connectivity index (χ2v) is 10.2. The van der Waals surface area contributed by atoms with Crippen LogP contribution in [0.15, 0.2) is 0 Å². The second kappa shape index (κ2) is 18.1. The lowest BCUT2D eigenvalue weighted by Gasteiger charge is -2.08. The third-order valence-corrected chi connectivity index (χ3v) is 6.23. The molecule has 0 aliphatic rings. The molecule has 0 aliphatic carbocycles. The van der Waals surface area contributed by atoms with Crippen molar-refractivity contribution >= 4 is 32.3 Å². The molecular weight excluding hydrogens is 470 g/mol. The summed E-state index contributed by atoms with van der Waals surface area (Å²) < 4.78 is 70.3. The van der Waals surface area contributed by atoms with Crippen LogP contribution >= 0.6 is 0 Å². The average molecular weight is 506 g/mol. The largest absolute Gasteiger partial charge is 0.463 e. The van der Waals surface area contributed by atoms with Crippen LogP contribution in [0.25, 0.3) is 0 Å². The van der Waals surface area contributed by atoms with Gasteiger partial charge in [-0.15, -0.1) is 0 Å². The van der Waals surface area contributed by atoms with Gasteiger partial charge in [-0.05, 0) is 25.7 Å². The number of hydrogen-bond acceptors (Lipinski definition) is 11. The number of ether oxygens (including phenoxy) is 4. The molecule has 0 saturated carbocycles. The van der Waals surface area contributed by atoms with E-state index in [1.165, 1.54) is 4.13 Å².